The van der Waals surface area contributed by atoms with Gasteiger partial charge in [-0.1, -0.05) is 6.07 Å². The molecule has 0 saturated carbocycles. The number of carbonyl (C=O) groups is 1. The van der Waals surface area contributed by atoms with Gasteiger partial charge >= 0.3 is 0 Å². The molecule has 0 aromatic heterocycles. The summed E-state index contributed by atoms with van der Waals surface area (Å²) >= 11 is 3.86. The van der Waals surface area contributed by atoms with Crippen LogP contribution in [0.1, 0.15) is 10.4 Å². The van der Waals surface area contributed by atoms with Crippen molar-refractivity contribution in [1.29, 1.82) is 0 Å². The second kappa shape index (κ2) is 6.96. The number of benzene rings is 1. The lowest BCUT2D eigenvalue weighted by molar-refractivity contribution is 0.0955. The number of amides is 1. The van der Waals surface area contributed by atoms with Crippen LogP contribution in [0.4, 0.5) is 5.69 Å². The Morgan fingerprint density at radius 1 is 1.53 bits per heavy atom. The first-order valence-electron chi connectivity index (χ1n) is 6.12. The predicted molar refractivity (Wildman–Crippen MR) is 83.3 cm³/mol. The highest BCUT2D eigenvalue weighted by Gasteiger charge is 2.17. The summed E-state index contributed by atoms with van der Waals surface area (Å²) in [5, 5.41) is 3.45. The SMILES string of the molecule is COc1cccc(C(=O)NCC2CSCCS2)c1N. The quantitative estimate of drug-likeness (QED) is 0.831. The molecule has 1 unspecified atom stereocenters. The van der Waals surface area contributed by atoms with Crippen LogP contribution in [0.3, 0.4) is 0 Å². The van der Waals surface area contributed by atoms with Gasteiger partial charge in [-0.15, -0.1) is 0 Å². The average Bonchev–Trinajstić information content (AvgIpc) is 2.46. The molecule has 104 valence electrons. The number of hydrogen-bond acceptors (Lipinski definition) is 5. The molecule has 0 radical (unpaired) electrons. The van der Waals surface area contributed by atoms with E-state index < -0.39 is 0 Å². The van der Waals surface area contributed by atoms with Crippen molar-refractivity contribution in [3.63, 3.8) is 0 Å². The lowest BCUT2D eigenvalue weighted by atomic mass is 10.1. The van der Waals surface area contributed by atoms with Crippen molar-refractivity contribution >= 4 is 35.1 Å². The number of carbonyl (C=O) groups excluding carboxylic acids is 1. The summed E-state index contributed by atoms with van der Waals surface area (Å²) in [7, 11) is 1.54. The predicted octanol–water partition coefficient (Wildman–Crippen LogP) is 1.86. The van der Waals surface area contributed by atoms with E-state index in [0.717, 1.165) is 11.5 Å². The monoisotopic (exact) mass is 298 g/mol. The first kappa shape index (κ1) is 14.4. The zero-order valence-corrected chi connectivity index (χ0v) is 12.5. The molecule has 1 heterocycles. The van der Waals surface area contributed by atoms with Crippen LogP contribution in [0.25, 0.3) is 0 Å². The van der Waals surface area contributed by atoms with Gasteiger partial charge in [-0.3, -0.25) is 4.79 Å². The van der Waals surface area contributed by atoms with Crippen molar-refractivity contribution in [1.82, 2.24) is 5.32 Å². The van der Waals surface area contributed by atoms with Gasteiger partial charge in [0.05, 0.1) is 18.4 Å². The molecule has 0 aliphatic carbocycles. The molecule has 1 aliphatic rings. The van der Waals surface area contributed by atoms with Gasteiger partial charge in [0.15, 0.2) is 0 Å². The first-order chi connectivity index (χ1) is 9.22. The molecule has 2 rings (SSSR count). The van der Waals surface area contributed by atoms with Gasteiger partial charge in [0.1, 0.15) is 5.75 Å². The van der Waals surface area contributed by atoms with E-state index in [4.69, 9.17) is 10.5 Å². The summed E-state index contributed by atoms with van der Waals surface area (Å²) in [5.74, 6) is 3.87. The number of thioether (sulfide) groups is 2. The minimum atomic E-state index is -0.132. The van der Waals surface area contributed by atoms with Crippen LogP contribution in [0, 0.1) is 0 Å². The smallest absolute Gasteiger partial charge is 0.253 e. The highest BCUT2D eigenvalue weighted by atomic mass is 32.2. The molecule has 3 N–H and O–H groups in total. The Labute approximate surface area is 121 Å². The number of methoxy groups -OCH3 is 1. The van der Waals surface area contributed by atoms with E-state index in [1.165, 1.54) is 5.75 Å². The zero-order valence-electron chi connectivity index (χ0n) is 10.8. The van der Waals surface area contributed by atoms with E-state index in [1.54, 1.807) is 25.3 Å². The molecule has 6 heteroatoms. The fraction of sp³-hybridized carbons (Fsp3) is 0.462. The highest BCUT2D eigenvalue weighted by Crippen LogP contribution is 2.25. The molecular weight excluding hydrogens is 280 g/mol. The summed E-state index contributed by atoms with van der Waals surface area (Å²) in [6, 6.07) is 5.24. The van der Waals surface area contributed by atoms with Gasteiger partial charge in [-0.25, -0.2) is 0 Å². The van der Waals surface area contributed by atoms with Crippen LogP contribution in [0.15, 0.2) is 18.2 Å². The minimum absolute atomic E-state index is 0.132. The van der Waals surface area contributed by atoms with E-state index in [-0.39, 0.29) is 5.91 Å². The van der Waals surface area contributed by atoms with Crippen molar-refractivity contribution in [2.24, 2.45) is 0 Å². The fourth-order valence-electron chi connectivity index (χ4n) is 1.88. The molecule has 1 amide bonds. The molecular formula is C13H18N2O2S2. The average molecular weight is 298 g/mol. The van der Waals surface area contributed by atoms with Crippen molar-refractivity contribution in [3.05, 3.63) is 23.8 Å². The zero-order chi connectivity index (χ0) is 13.7. The molecule has 1 aromatic rings. The molecule has 1 aliphatic heterocycles. The van der Waals surface area contributed by atoms with Gasteiger partial charge < -0.3 is 15.8 Å². The Morgan fingerprint density at radius 2 is 2.37 bits per heavy atom. The maximum absolute atomic E-state index is 12.1. The summed E-state index contributed by atoms with van der Waals surface area (Å²) in [4.78, 5) is 12.1. The molecule has 0 bridgehead atoms. The van der Waals surface area contributed by atoms with Crippen molar-refractivity contribution in [2.45, 2.75) is 5.25 Å². The van der Waals surface area contributed by atoms with E-state index in [1.807, 2.05) is 23.5 Å². The number of nitrogens with two attached hydrogens (primary N) is 1. The molecule has 1 atom stereocenters. The van der Waals surface area contributed by atoms with Gasteiger partial charge in [0.25, 0.3) is 5.91 Å². The highest BCUT2D eigenvalue weighted by molar-refractivity contribution is 8.06. The Balaban J connectivity index is 1.95. The lowest BCUT2D eigenvalue weighted by Gasteiger charge is -2.21. The number of nitrogens with one attached hydrogen (secondary N) is 1. The number of rotatable bonds is 4. The van der Waals surface area contributed by atoms with Gasteiger partial charge in [-0.2, -0.15) is 23.5 Å². The lowest BCUT2D eigenvalue weighted by Crippen LogP contribution is -2.33. The molecule has 1 fully saturated rings. The Hall–Kier alpha value is -1.01. The maximum atomic E-state index is 12.1. The second-order valence-electron chi connectivity index (χ2n) is 4.20. The topological polar surface area (TPSA) is 64.3 Å². The normalized spacial score (nSPS) is 18.9. The number of para-hydroxylation sites is 1. The summed E-state index contributed by atoms with van der Waals surface area (Å²) in [6.45, 7) is 0.688. The van der Waals surface area contributed by atoms with Crippen LogP contribution < -0.4 is 15.8 Å². The molecule has 19 heavy (non-hydrogen) atoms. The standard InChI is InChI=1S/C13H18N2O2S2/c1-17-11-4-2-3-10(12(11)14)13(16)15-7-9-8-18-5-6-19-9/h2-4,9H,5-8,14H2,1H3,(H,15,16). The van der Waals surface area contributed by atoms with E-state index in [0.29, 0.717) is 28.8 Å². The second-order valence-corrected chi connectivity index (χ2v) is 6.76. The third kappa shape index (κ3) is 3.73. The maximum Gasteiger partial charge on any atom is 0.253 e. The number of hydrogen-bond donors (Lipinski definition) is 2. The summed E-state index contributed by atoms with van der Waals surface area (Å²) in [5.41, 5.74) is 6.78. The van der Waals surface area contributed by atoms with Crippen LogP contribution in [-0.4, -0.2) is 42.1 Å². The first-order valence-corrected chi connectivity index (χ1v) is 8.32. The Bertz CT molecular complexity index is 448. The Kier molecular flexibility index (Phi) is 5.27. The van der Waals surface area contributed by atoms with E-state index in [2.05, 4.69) is 5.32 Å². The van der Waals surface area contributed by atoms with Crippen molar-refractivity contribution in [2.75, 3.05) is 36.6 Å². The third-order valence-electron chi connectivity index (χ3n) is 2.91. The minimum Gasteiger partial charge on any atom is -0.495 e. The van der Waals surface area contributed by atoms with Crippen LogP contribution in [0.5, 0.6) is 5.75 Å². The summed E-state index contributed by atoms with van der Waals surface area (Å²) < 4.78 is 5.12. The fourth-order valence-corrected chi connectivity index (χ4v) is 4.49. The largest absolute Gasteiger partial charge is 0.495 e. The Morgan fingerprint density at radius 3 is 3.05 bits per heavy atom. The molecule has 0 spiro atoms. The number of anilines is 1. The van der Waals surface area contributed by atoms with Crippen LogP contribution >= 0.6 is 23.5 Å². The van der Waals surface area contributed by atoms with Crippen molar-refractivity contribution in [3.8, 4) is 5.75 Å². The number of ether oxygens (including phenoxy) is 1. The van der Waals surface area contributed by atoms with Crippen LogP contribution in [-0.2, 0) is 0 Å². The van der Waals surface area contributed by atoms with Gasteiger partial charge in [-0.05, 0) is 12.1 Å². The van der Waals surface area contributed by atoms with E-state index >= 15 is 0 Å². The van der Waals surface area contributed by atoms with E-state index in [9.17, 15) is 4.79 Å². The summed E-state index contributed by atoms with van der Waals surface area (Å²) in [6.07, 6.45) is 0. The number of nitrogen functional groups attached to an aromatic ring is 1. The molecule has 1 aromatic carbocycles. The molecule has 1 saturated heterocycles. The third-order valence-corrected chi connectivity index (χ3v) is 5.75. The van der Waals surface area contributed by atoms with Gasteiger partial charge in [0, 0.05) is 29.1 Å². The van der Waals surface area contributed by atoms with Gasteiger partial charge in [0.2, 0.25) is 0 Å². The molecule has 4 nitrogen and oxygen atoms in total. The van der Waals surface area contributed by atoms with Crippen molar-refractivity contribution < 1.29 is 9.53 Å². The van der Waals surface area contributed by atoms with Crippen LogP contribution in [0.2, 0.25) is 0 Å².